The van der Waals surface area contributed by atoms with E-state index in [9.17, 15) is 44.7 Å². The Morgan fingerprint density at radius 3 is 1.80 bits per heavy atom. The van der Waals surface area contributed by atoms with Crippen LogP contribution >= 0.6 is 0 Å². The van der Waals surface area contributed by atoms with Crippen molar-refractivity contribution in [2.75, 3.05) is 13.2 Å². The third-order valence-electron chi connectivity index (χ3n) is 5.38. The number of ether oxygens (including phenoxy) is 6. The minimum absolute atomic E-state index is 0.669. The number of hydrogen-bond acceptors (Lipinski definition) is 15. The molecule has 0 spiro atoms. The van der Waals surface area contributed by atoms with Gasteiger partial charge in [0.15, 0.2) is 18.3 Å². The minimum Gasteiger partial charge on any atom is -0.463 e. The molecule has 2 aliphatic rings. The lowest BCUT2D eigenvalue weighted by atomic mass is 9.83. The highest BCUT2D eigenvalue weighted by atomic mass is 16.7. The van der Waals surface area contributed by atoms with Crippen LogP contribution in [0.25, 0.3) is 0 Å². The van der Waals surface area contributed by atoms with Crippen LogP contribution in [0.4, 0.5) is 0 Å². The molecular weight excluding hydrogens is 480 g/mol. The van der Waals surface area contributed by atoms with E-state index in [0.29, 0.717) is 0 Å². The zero-order valence-corrected chi connectivity index (χ0v) is 19.4. The fourth-order valence-electron chi connectivity index (χ4n) is 3.98. The Morgan fingerprint density at radius 2 is 1.31 bits per heavy atom. The molecule has 0 aromatic rings. The van der Waals surface area contributed by atoms with Crippen molar-refractivity contribution in [3.05, 3.63) is 0 Å². The van der Waals surface area contributed by atoms with Crippen LogP contribution in [-0.2, 0) is 47.6 Å². The van der Waals surface area contributed by atoms with Gasteiger partial charge in [-0.25, -0.2) is 0 Å². The molecule has 0 aliphatic carbocycles. The van der Waals surface area contributed by atoms with E-state index in [1.165, 1.54) is 0 Å². The fourth-order valence-corrected chi connectivity index (χ4v) is 3.98. The topological polar surface area (TPSA) is 225 Å². The predicted molar refractivity (Wildman–Crippen MR) is 107 cm³/mol. The maximum absolute atomic E-state index is 11.9. The van der Waals surface area contributed by atoms with E-state index in [1.807, 2.05) is 0 Å². The quantitative estimate of drug-likeness (QED) is 0.164. The van der Waals surface area contributed by atoms with Crippen LogP contribution in [0.5, 0.6) is 0 Å². The molecule has 0 aromatic heterocycles. The van der Waals surface area contributed by atoms with E-state index in [-0.39, 0.29) is 0 Å². The summed E-state index contributed by atoms with van der Waals surface area (Å²) in [4.78, 5) is 47.0. The highest BCUT2D eigenvalue weighted by Crippen LogP contribution is 2.41. The molecule has 15 heteroatoms. The highest BCUT2D eigenvalue weighted by Gasteiger charge is 2.66. The molecule has 35 heavy (non-hydrogen) atoms. The van der Waals surface area contributed by atoms with Gasteiger partial charge in [0.05, 0.1) is 6.61 Å². The number of rotatable bonds is 7. The number of carbonyl (C=O) groups is 4. The van der Waals surface area contributed by atoms with Gasteiger partial charge in [-0.1, -0.05) is 0 Å². The largest absolute Gasteiger partial charge is 0.463 e. The Kier molecular flexibility index (Phi) is 9.52. The molecule has 2 heterocycles. The van der Waals surface area contributed by atoms with Crippen LogP contribution in [0.1, 0.15) is 27.7 Å². The first-order valence-corrected chi connectivity index (χ1v) is 10.6. The van der Waals surface area contributed by atoms with Gasteiger partial charge >= 0.3 is 23.9 Å². The van der Waals surface area contributed by atoms with Crippen LogP contribution in [0.15, 0.2) is 0 Å². The molecular formula is C20H30O15. The highest BCUT2D eigenvalue weighted by molar-refractivity contribution is 5.68. The number of carbonyl (C=O) groups excluding carboxylic acids is 4. The monoisotopic (exact) mass is 510 g/mol. The Bertz CT molecular complexity index is 799. The summed E-state index contributed by atoms with van der Waals surface area (Å²) in [5, 5.41) is 52.1. The van der Waals surface area contributed by atoms with Gasteiger partial charge in [0.25, 0.3) is 0 Å². The van der Waals surface area contributed by atoms with Gasteiger partial charge < -0.3 is 54.0 Å². The van der Waals surface area contributed by atoms with Crippen molar-refractivity contribution in [2.45, 2.75) is 88.4 Å². The zero-order chi connectivity index (χ0) is 26.7. The van der Waals surface area contributed by atoms with Gasteiger partial charge in [0.2, 0.25) is 5.79 Å². The number of esters is 4. The average Bonchev–Trinajstić information content (AvgIpc) is 2.74. The third kappa shape index (κ3) is 6.43. The number of aliphatic hydroxyl groups excluding tert-OH is 4. The molecule has 10 atom stereocenters. The average molecular weight is 510 g/mol. The molecule has 200 valence electrons. The van der Waals surface area contributed by atoms with Gasteiger partial charge in [-0.2, -0.15) is 0 Å². The summed E-state index contributed by atoms with van der Waals surface area (Å²) in [6.45, 7) is 2.43. The van der Waals surface area contributed by atoms with E-state index >= 15 is 0 Å². The minimum atomic E-state index is -2.96. The molecule has 2 saturated heterocycles. The SMILES string of the molecule is CC(=O)OC[C@H]1O[C@](O)([C@@H]2O[C@@H](CO)[C@@H](O)[C@H](O)[C@H]2O)[C@H](OC(C)=O)[C@@H](OC(C)=O)[C@@H]1OC(C)=O. The second kappa shape index (κ2) is 11.6. The van der Waals surface area contributed by atoms with Crippen molar-refractivity contribution in [3.63, 3.8) is 0 Å². The maximum Gasteiger partial charge on any atom is 0.303 e. The van der Waals surface area contributed by atoms with E-state index in [4.69, 9.17) is 28.4 Å². The molecule has 2 rings (SSSR count). The van der Waals surface area contributed by atoms with Crippen molar-refractivity contribution in [2.24, 2.45) is 0 Å². The number of hydrogen-bond donors (Lipinski definition) is 5. The van der Waals surface area contributed by atoms with Crippen molar-refractivity contribution < 1.29 is 73.1 Å². The molecule has 0 unspecified atom stereocenters. The normalized spacial score (nSPS) is 39.3. The van der Waals surface area contributed by atoms with Crippen LogP contribution in [0, 0.1) is 0 Å². The smallest absolute Gasteiger partial charge is 0.303 e. The standard InChI is InChI=1S/C20H30O15/c1-7(22)30-6-12-16(31-8(2)23)17(32-9(3)24)19(33-10(4)25)20(29,35-12)18-15(28)14(27)13(26)11(5-21)34-18/h11-19,21,26-29H,5-6H2,1-4H3/t11-,12+,13+,14-,15+,16+,17-,18+,19+,20+/m0/s1. The lowest BCUT2D eigenvalue weighted by Gasteiger charge is -2.54. The lowest BCUT2D eigenvalue weighted by molar-refractivity contribution is -0.406. The molecule has 0 amide bonds. The van der Waals surface area contributed by atoms with Crippen LogP contribution in [0.3, 0.4) is 0 Å². The Labute approximate surface area is 199 Å². The molecule has 15 nitrogen and oxygen atoms in total. The fraction of sp³-hybridized carbons (Fsp3) is 0.800. The van der Waals surface area contributed by atoms with Crippen LogP contribution < -0.4 is 0 Å². The summed E-state index contributed by atoms with van der Waals surface area (Å²) in [7, 11) is 0. The first-order chi connectivity index (χ1) is 16.2. The van der Waals surface area contributed by atoms with Gasteiger partial charge in [0.1, 0.15) is 43.2 Å². The summed E-state index contributed by atoms with van der Waals surface area (Å²) in [6.07, 6.45) is -16.4. The van der Waals surface area contributed by atoms with E-state index in [0.717, 1.165) is 27.7 Å². The molecule has 5 N–H and O–H groups in total. The second-order valence-corrected chi connectivity index (χ2v) is 8.14. The zero-order valence-electron chi connectivity index (χ0n) is 19.4. The summed E-state index contributed by atoms with van der Waals surface area (Å²) >= 11 is 0. The van der Waals surface area contributed by atoms with Crippen molar-refractivity contribution in [1.29, 1.82) is 0 Å². The maximum atomic E-state index is 11.9. The first kappa shape index (κ1) is 28.8. The second-order valence-electron chi connectivity index (χ2n) is 8.14. The third-order valence-corrected chi connectivity index (χ3v) is 5.38. The summed E-state index contributed by atoms with van der Waals surface area (Å²) < 4.78 is 31.5. The lowest BCUT2D eigenvalue weighted by Crippen LogP contribution is -2.76. The molecule has 0 bridgehead atoms. The van der Waals surface area contributed by atoms with E-state index in [1.54, 1.807) is 0 Å². The predicted octanol–water partition coefficient (Wildman–Crippen LogP) is -3.73. The Hall–Kier alpha value is -2.40. The molecule has 0 radical (unpaired) electrons. The Balaban J connectivity index is 2.64. The molecule has 2 aliphatic heterocycles. The van der Waals surface area contributed by atoms with E-state index in [2.05, 4.69) is 0 Å². The summed E-state index contributed by atoms with van der Waals surface area (Å²) in [5.41, 5.74) is 0. The molecule has 0 aromatic carbocycles. The van der Waals surface area contributed by atoms with Crippen molar-refractivity contribution >= 4 is 23.9 Å². The van der Waals surface area contributed by atoms with Crippen LogP contribution in [0.2, 0.25) is 0 Å². The first-order valence-electron chi connectivity index (χ1n) is 10.6. The van der Waals surface area contributed by atoms with Crippen LogP contribution in [-0.4, -0.2) is 123 Å². The van der Waals surface area contributed by atoms with Crippen molar-refractivity contribution in [3.8, 4) is 0 Å². The molecule has 2 fully saturated rings. The molecule has 0 saturated carbocycles. The van der Waals surface area contributed by atoms with Gasteiger partial charge in [-0.15, -0.1) is 0 Å². The summed E-state index contributed by atoms with van der Waals surface area (Å²) in [5.74, 6) is -6.64. The van der Waals surface area contributed by atoms with Gasteiger partial charge in [-0.3, -0.25) is 19.2 Å². The van der Waals surface area contributed by atoms with Crippen molar-refractivity contribution in [1.82, 2.24) is 0 Å². The van der Waals surface area contributed by atoms with Gasteiger partial charge in [0, 0.05) is 27.7 Å². The van der Waals surface area contributed by atoms with E-state index < -0.39 is 97.8 Å². The Morgan fingerprint density at radius 1 is 0.771 bits per heavy atom. The summed E-state index contributed by atoms with van der Waals surface area (Å²) in [6, 6.07) is 0. The number of aliphatic hydroxyl groups is 5. The van der Waals surface area contributed by atoms with Gasteiger partial charge in [-0.05, 0) is 0 Å².